The molecule has 0 unspecified atom stereocenters. The lowest BCUT2D eigenvalue weighted by molar-refractivity contribution is 0.415. The highest BCUT2D eigenvalue weighted by Gasteiger charge is 1.91. The first-order chi connectivity index (χ1) is 7.38. The first-order valence-corrected chi connectivity index (χ1v) is 5.48. The minimum atomic E-state index is 0.876. The molecule has 0 aliphatic rings. The van der Waals surface area contributed by atoms with Gasteiger partial charge in [-0.3, -0.25) is 0 Å². The van der Waals surface area contributed by atoms with E-state index < -0.39 is 0 Å². The number of methoxy groups -OCH3 is 1. The van der Waals surface area contributed by atoms with Crippen molar-refractivity contribution >= 4 is 23.5 Å². The number of hydrogen-bond donors (Lipinski definition) is 0. The minimum absolute atomic E-state index is 0.876. The number of thiazole rings is 1. The molecule has 3 heteroatoms. The highest BCUT2D eigenvalue weighted by atomic mass is 32.1. The van der Waals surface area contributed by atoms with Crippen molar-refractivity contribution in [1.29, 1.82) is 0 Å². The Morgan fingerprint density at radius 2 is 2.00 bits per heavy atom. The molecule has 0 aliphatic carbocycles. The third-order valence-corrected chi connectivity index (χ3v) is 2.73. The van der Waals surface area contributed by atoms with Crippen LogP contribution in [0.15, 0.2) is 35.8 Å². The Morgan fingerprint density at radius 3 is 2.60 bits per heavy atom. The van der Waals surface area contributed by atoms with E-state index in [0.717, 1.165) is 16.3 Å². The molecule has 76 valence electrons. The van der Waals surface area contributed by atoms with Crippen LogP contribution in [0, 0.1) is 0 Å². The Bertz CT molecular complexity index is 431. The van der Waals surface area contributed by atoms with Gasteiger partial charge in [-0.05, 0) is 23.8 Å². The van der Waals surface area contributed by atoms with E-state index in [-0.39, 0.29) is 0 Å². The molecule has 0 fully saturated rings. The van der Waals surface area contributed by atoms with Crippen LogP contribution < -0.4 is 4.74 Å². The molecule has 1 aromatic carbocycles. The van der Waals surface area contributed by atoms with Gasteiger partial charge in [0.15, 0.2) is 0 Å². The predicted molar refractivity (Wildman–Crippen MR) is 64.0 cm³/mol. The lowest BCUT2D eigenvalue weighted by Gasteiger charge is -1.98. The first-order valence-electron chi connectivity index (χ1n) is 4.60. The number of benzene rings is 1. The quantitative estimate of drug-likeness (QED) is 0.786. The number of nitrogens with zero attached hydrogens (tertiary/aromatic N) is 1. The van der Waals surface area contributed by atoms with Crippen LogP contribution in [-0.2, 0) is 0 Å². The zero-order valence-electron chi connectivity index (χ0n) is 8.38. The van der Waals surface area contributed by atoms with Crippen molar-refractivity contribution < 1.29 is 4.74 Å². The minimum Gasteiger partial charge on any atom is -0.497 e. The summed E-state index contributed by atoms with van der Waals surface area (Å²) in [6.45, 7) is 0. The summed E-state index contributed by atoms with van der Waals surface area (Å²) in [4.78, 5) is 4.17. The first kappa shape index (κ1) is 9.93. The molecule has 0 radical (unpaired) electrons. The van der Waals surface area contributed by atoms with E-state index in [2.05, 4.69) is 4.98 Å². The van der Waals surface area contributed by atoms with Crippen molar-refractivity contribution in [3.63, 3.8) is 0 Å². The molecule has 0 spiro atoms. The smallest absolute Gasteiger partial charge is 0.118 e. The highest BCUT2D eigenvalue weighted by molar-refractivity contribution is 7.10. The van der Waals surface area contributed by atoms with E-state index in [1.54, 1.807) is 24.6 Å². The third kappa shape index (κ3) is 2.67. The van der Waals surface area contributed by atoms with Crippen molar-refractivity contribution in [3.05, 3.63) is 46.4 Å². The van der Waals surface area contributed by atoms with Crippen molar-refractivity contribution in [3.8, 4) is 5.75 Å². The van der Waals surface area contributed by atoms with Crippen LogP contribution in [0.1, 0.15) is 10.6 Å². The molecule has 0 bridgehead atoms. The lowest BCUT2D eigenvalue weighted by atomic mass is 10.2. The van der Waals surface area contributed by atoms with Gasteiger partial charge in [0, 0.05) is 11.6 Å². The zero-order valence-corrected chi connectivity index (χ0v) is 9.20. The maximum Gasteiger partial charge on any atom is 0.118 e. The summed E-state index contributed by atoms with van der Waals surface area (Å²) in [5, 5.41) is 2.99. The van der Waals surface area contributed by atoms with Gasteiger partial charge >= 0.3 is 0 Å². The van der Waals surface area contributed by atoms with Gasteiger partial charge in [0.2, 0.25) is 0 Å². The van der Waals surface area contributed by atoms with Crippen molar-refractivity contribution in [1.82, 2.24) is 4.98 Å². The van der Waals surface area contributed by atoms with Crippen LogP contribution in [0.25, 0.3) is 12.2 Å². The summed E-state index contributed by atoms with van der Waals surface area (Å²) in [6, 6.07) is 7.93. The highest BCUT2D eigenvalue weighted by Crippen LogP contribution is 2.14. The topological polar surface area (TPSA) is 22.1 Å². The van der Waals surface area contributed by atoms with Gasteiger partial charge in [0.1, 0.15) is 10.8 Å². The molecular formula is C12H11NOS. The number of aromatic nitrogens is 1. The molecule has 1 heterocycles. The summed E-state index contributed by atoms with van der Waals surface area (Å²) < 4.78 is 5.09. The van der Waals surface area contributed by atoms with Gasteiger partial charge in [0.25, 0.3) is 0 Å². The average molecular weight is 217 g/mol. The summed E-state index contributed by atoms with van der Waals surface area (Å²) in [7, 11) is 1.67. The molecule has 0 amide bonds. The molecule has 1 aromatic heterocycles. The summed E-state index contributed by atoms with van der Waals surface area (Å²) >= 11 is 1.63. The van der Waals surface area contributed by atoms with Gasteiger partial charge in [-0.25, -0.2) is 4.98 Å². The van der Waals surface area contributed by atoms with Gasteiger partial charge in [0.05, 0.1) is 7.11 Å². The Labute approximate surface area is 92.9 Å². The summed E-state index contributed by atoms with van der Waals surface area (Å²) in [5.74, 6) is 0.876. The second kappa shape index (κ2) is 4.75. The fourth-order valence-corrected chi connectivity index (χ4v) is 1.73. The number of hydrogen-bond acceptors (Lipinski definition) is 3. The van der Waals surface area contributed by atoms with E-state index in [4.69, 9.17) is 4.74 Å². The summed E-state index contributed by atoms with van der Waals surface area (Å²) in [5.41, 5.74) is 1.14. The molecule has 0 saturated heterocycles. The third-order valence-electron chi connectivity index (χ3n) is 1.99. The lowest BCUT2D eigenvalue weighted by Crippen LogP contribution is -1.81. The van der Waals surface area contributed by atoms with Crippen LogP contribution >= 0.6 is 11.3 Å². The number of rotatable bonds is 3. The van der Waals surface area contributed by atoms with Crippen LogP contribution in [0.5, 0.6) is 5.75 Å². The van der Waals surface area contributed by atoms with Crippen LogP contribution in [-0.4, -0.2) is 12.1 Å². The zero-order chi connectivity index (χ0) is 10.5. The van der Waals surface area contributed by atoms with Crippen LogP contribution in [0.3, 0.4) is 0 Å². The van der Waals surface area contributed by atoms with Crippen molar-refractivity contribution in [2.75, 3.05) is 7.11 Å². The maximum atomic E-state index is 5.09. The molecule has 0 aliphatic heterocycles. The van der Waals surface area contributed by atoms with Crippen LogP contribution in [0.4, 0.5) is 0 Å². The van der Waals surface area contributed by atoms with E-state index >= 15 is 0 Å². The standard InChI is InChI=1S/C12H11NOS/c1-14-11-5-2-10(3-6-11)4-7-12-13-8-9-15-12/h2-9H,1H3/b7-4+. The molecule has 2 rings (SSSR count). The van der Waals surface area contributed by atoms with Gasteiger partial charge < -0.3 is 4.74 Å². The van der Waals surface area contributed by atoms with E-state index in [0.29, 0.717) is 0 Å². The second-order valence-corrected chi connectivity index (χ2v) is 3.90. The molecule has 2 aromatic rings. The average Bonchev–Trinajstić information content (AvgIpc) is 2.80. The normalized spacial score (nSPS) is 10.7. The molecule has 0 saturated carbocycles. The largest absolute Gasteiger partial charge is 0.497 e. The van der Waals surface area contributed by atoms with Gasteiger partial charge in [-0.2, -0.15) is 0 Å². The predicted octanol–water partition coefficient (Wildman–Crippen LogP) is 3.32. The van der Waals surface area contributed by atoms with Gasteiger partial charge in [-0.15, -0.1) is 11.3 Å². The molecule has 2 nitrogen and oxygen atoms in total. The monoisotopic (exact) mass is 217 g/mol. The van der Waals surface area contributed by atoms with Crippen molar-refractivity contribution in [2.24, 2.45) is 0 Å². The molecule has 0 N–H and O–H groups in total. The Hall–Kier alpha value is -1.61. The van der Waals surface area contributed by atoms with Crippen molar-refractivity contribution in [2.45, 2.75) is 0 Å². The fraction of sp³-hybridized carbons (Fsp3) is 0.0833. The Kier molecular flexibility index (Phi) is 3.15. The Morgan fingerprint density at radius 1 is 1.20 bits per heavy atom. The summed E-state index contributed by atoms with van der Waals surface area (Å²) in [6.07, 6.45) is 5.85. The Balaban J connectivity index is 2.11. The van der Waals surface area contributed by atoms with E-state index in [9.17, 15) is 0 Å². The SMILES string of the molecule is COc1ccc(/C=C/c2nccs2)cc1. The van der Waals surface area contributed by atoms with E-state index in [1.165, 1.54) is 0 Å². The molecule has 15 heavy (non-hydrogen) atoms. The van der Waals surface area contributed by atoms with E-state index in [1.807, 2.05) is 41.8 Å². The van der Waals surface area contributed by atoms with Crippen LogP contribution in [0.2, 0.25) is 0 Å². The fourth-order valence-electron chi connectivity index (χ4n) is 1.20. The second-order valence-electron chi connectivity index (χ2n) is 2.98. The molecule has 0 atom stereocenters. The maximum absolute atomic E-state index is 5.09. The molecular weight excluding hydrogens is 206 g/mol. The number of ether oxygens (including phenoxy) is 1. The van der Waals surface area contributed by atoms with Gasteiger partial charge in [-0.1, -0.05) is 18.2 Å².